The van der Waals surface area contributed by atoms with Crippen molar-refractivity contribution in [1.82, 2.24) is 5.32 Å². The average molecular weight is 424 g/mol. The molecule has 0 heterocycles. The molecule has 0 aliphatic carbocycles. The van der Waals surface area contributed by atoms with E-state index in [1.807, 2.05) is 6.07 Å². The minimum absolute atomic E-state index is 0.0145. The first-order valence-electron chi connectivity index (χ1n) is 8.61. The third kappa shape index (κ3) is 7.58. The van der Waals surface area contributed by atoms with Gasteiger partial charge in [-0.3, -0.25) is 4.79 Å². The Kier molecular flexibility index (Phi) is 7.83. The number of benzene rings is 2. The molecule has 0 bridgehead atoms. The van der Waals surface area contributed by atoms with Crippen molar-refractivity contribution in [3.05, 3.63) is 59.1 Å². The molecule has 0 aliphatic rings. The lowest BCUT2D eigenvalue weighted by molar-refractivity contribution is -0.114. The van der Waals surface area contributed by atoms with Crippen LogP contribution in [0.5, 0.6) is 0 Å². The van der Waals surface area contributed by atoms with Crippen molar-refractivity contribution in [2.75, 3.05) is 22.9 Å². The summed E-state index contributed by atoms with van der Waals surface area (Å²) in [6, 6.07) is 13.2. The molecule has 28 heavy (non-hydrogen) atoms. The lowest BCUT2D eigenvalue weighted by Gasteiger charge is -2.10. The van der Waals surface area contributed by atoms with Gasteiger partial charge in [-0.1, -0.05) is 41.9 Å². The zero-order valence-corrected chi connectivity index (χ0v) is 16.9. The molecule has 0 atom stereocenters. The van der Waals surface area contributed by atoms with Crippen LogP contribution in [0, 0.1) is 0 Å². The number of anilines is 2. The molecule has 0 radical (unpaired) electrons. The van der Waals surface area contributed by atoms with Gasteiger partial charge in [0.15, 0.2) is 9.84 Å². The number of rotatable bonds is 8. The number of halogens is 1. The van der Waals surface area contributed by atoms with Crippen molar-refractivity contribution >= 4 is 44.8 Å². The molecular formula is C19H22ClN3O4S. The summed E-state index contributed by atoms with van der Waals surface area (Å²) in [4.78, 5) is 23.0. The SMILES string of the molecule is CC(=O)Nc1ccc(NC(=O)NCCCS(=O)(=O)Cc2ccccc2)cc1Cl. The molecule has 0 spiro atoms. The largest absolute Gasteiger partial charge is 0.338 e. The zero-order chi connectivity index (χ0) is 20.6. The summed E-state index contributed by atoms with van der Waals surface area (Å²) in [5.41, 5.74) is 1.64. The van der Waals surface area contributed by atoms with Gasteiger partial charge in [-0.15, -0.1) is 0 Å². The standard InChI is InChI=1S/C19H22ClN3O4S/c1-14(24)22-18-9-8-16(12-17(18)20)23-19(25)21-10-5-11-28(26,27)13-15-6-3-2-4-7-15/h2-4,6-9,12H,5,10-11,13H2,1H3,(H,22,24)(H2,21,23,25). The highest BCUT2D eigenvalue weighted by Crippen LogP contribution is 2.25. The van der Waals surface area contributed by atoms with E-state index in [9.17, 15) is 18.0 Å². The third-order valence-corrected chi connectivity index (χ3v) is 5.68. The first-order valence-corrected chi connectivity index (χ1v) is 10.8. The first-order chi connectivity index (χ1) is 13.2. The minimum Gasteiger partial charge on any atom is -0.338 e. The quantitative estimate of drug-likeness (QED) is 0.565. The molecule has 150 valence electrons. The summed E-state index contributed by atoms with van der Waals surface area (Å²) in [5, 5.41) is 8.07. The lowest BCUT2D eigenvalue weighted by atomic mass is 10.2. The number of carbonyl (C=O) groups is 2. The molecule has 2 aromatic carbocycles. The second-order valence-corrected chi connectivity index (χ2v) is 8.78. The highest BCUT2D eigenvalue weighted by molar-refractivity contribution is 7.90. The summed E-state index contributed by atoms with van der Waals surface area (Å²) >= 11 is 6.05. The Balaban J connectivity index is 1.75. The topological polar surface area (TPSA) is 104 Å². The predicted octanol–water partition coefficient (Wildman–Crippen LogP) is 3.43. The van der Waals surface area contributed by atoms with E-state index >= 15 is 0 Å². The summed E-state index contributed by atoms with van der Waals surface area (Å²) in [6.07, 6.45) is 0.310. The molecule has 0 fully saturated rings. The number of urea groups is 1. The van der Waals surface area contributed by atoms with Crippen LogP contribution in [0.4, 0.5) is 16.2 Å². The second-order valence-electron chi connectivity index (χ2n) is 6.19. The Labute approximate surface area is 169 Å². The van der Waals surface area contributed by atoms with Crippen LogP contribution in [-0.4, -0.2) is 32.7 Å². The summed E-state index contributed by atoms with van der Waals surface area (Å²) in [7, 11) is -3.24. The molecule has 0 unspecified atom stereocenters. The van der Waals surface area contributed by atoms with Gasteiger partial charge in [-0.05, 0) is 30.2 Å². The summed E-state index contributed by atoms with van der Waals surface area (Å²) in [5.74, 6) is -0.277. The maximum atomic E-state index is 12.1. The molecule has 2 aromatic rings. The summed E-state index contributed by atoms with van der Waals surface area (Å²) < 4.78 is 24.2. The fraction of sp³-hybridized carbons (Fsp3) is 0.263. The van der Waals surface area contributed by atoms with Crippen LogP contribution in [-0.2, 0) is 20.4 Å². The Morgan fingerprint density at radius 2 is 1.75 bits per heavy atom. The molecule has 0 aromatic heterocycles. The fourth-order valence-electron chi connectivity index (χ4n) is 2.45. The highest BCUT2D eigenvalue weighted by atomic mass is 35.5. The Bertz CT molecular complexity index is 933. The normalized spacial score (nSPS) is 10.9. The van der Waals surface area contributed by atoms with Gasteiger partial charge in [0.2, 0.25) is 5.91 Å². The maximum absolute atomic E-state index is 12.1. The number of carbonyl (C=O) groups excluding carboxylic acids is 2. The van der Waals surface area contributed by atoms with Crippen molar-refractivity contribution < 1.29 is 18.0 Å². The Hall–Kier alpha value is -2.58. The highest BCUT2D eigenvalue weighted by Gasteiger charge is 2.12. The van der Waals surface area contributed by atoms with E-state index in [2.05, 4.69) is 16.0 Å². The van der Waals surface area contributed by atoms with E-state index < -0.39 is 15.9 Å². The van der Waals surface area contributed by atoms with Gasteiger partial charge < -0.3 is 16.0 Å². The van der Waals surface area contributed by atoms with Gasteiger partial charge in [-0.2, -0.15) is 0 Å². The number of amides is 3. The fourth-order valence-corrected chi connectivity index (χ4v) is 4.11. The maximum Gasteiger partial charge on any atom is 0.319 e. The Morgan fingerprint density at radius 1 is 1.04 bits per heavy atom. The van der Waals surface area contributed by atoms with Gasteiger partial charge >= 0.3 is 6.03 Å². The molecule has 3 amide bonds. The molecule has 2 rings (SSSR count). The molecule has 7 nitrogen and oxygen atoms in total. The molecule has 0 saturated heterocycles. The van der Waals surface area contributed by atoms with E-state index in [1.165, 1.54) is 13.0 Å². The Morgan fingerprint density at radius 3 is 2.39 bits per heavy atom. The third-order valence-electron chi connectivity index (χ3n) is 3.68. The van der Waals surface area contributed by atoms with Crippen LogP contribution in [0.25, 0.3) is 0 Å². The molecule has 3 N–H and O–H groups in total. The van der Waals surface area contributed by atoms with Gasteiger partial charge in [0, 0.05) is 19.2 Å². The number of hydrogen-bond donors (Lipinski definition) is 3. The van der Waals surface area contributed by atoms with Gasteiger partial charge in [0.25, 0.3) is 0 Å². The van der Waals surface area contributed by atoms with Crippen LogP contribution in [0.3, 0.4) is 0 Å². The average Bonchev–Trinajstić information content (AvgIpc) is 2.61. The van der Waals surface area contributed by atoms with E-state index in [0.717, 1.165) is 5.56 Å². The number of nitrogens with one attached hydrogen (secondary N) is 3. The number of hydrogen-bond acceptors (Lipinski definition) is 4. The van der Waals surface area contributed by atoms with Gasteiger partial charge in [-0.25, -0.2) is 13.2 Å². The van der Waals surface area contributed by atoms with Crippen molar-refractivity contribution in [2.24, 2.45) is 0 Å². The molecule has 0 saturated carbocycles. The van der Waals surface area contributed by atoms with Crippen LogP contribution in [0.15, 0.2) is 48.5 Å². The van der Waals surface area contributed by atoms with Crippen molar-refractivity contribution in [1.29, 1.82) is 0 Å². The second kappa shape index (κ2) is 10.1. The van der Waals surface area contributed by atoms with Gasteiger partial charge in [0.05, 0.1) is 22.2 Å². The first kappa shape index (κ1) is 21.7. The summed E-state index contributed by atoms with van der Waals surface area (Å²) in [6.45, 7) is 1.59. The van der Waals surface area contributed by atoms with Gasteiger partial charge in [0.1, 0.15) is 0 Å². The van der Waals surface area contributed by atoms with Crippen molar-refractivity contribution in [3.8, 4) is 0 Å². The van der Waals surface area contributed by atoms with Crippen molar-refractivity contribution in [3.63, 3.8) is 0 Å². The monoisotopic (exact) mass is 423 g/mol. The molecule has 0 aliphatic heterocycles. The molecule has 9 heteroatoms. The van der Waals surface area contributed by atoms with E-state index in [0.29, 0.717) is 22.8 Å². The van der Waals surface area contributed by atoms with Crippen molar-refractivity contribution in [2.45, 2.75) is 19.1 Å². The van der Waals surface area contributed by atoms with E-state index in [4.69, 9.17) is 11.6 Å². The van der Waals surface area contributed by atoms with Crippen LogP contribution in [0.2, 0.25) is 5.02 Å². The smallest absolute Gasteiger partial charge is 0.319 e. The predicted molar refractivity (Wildman–Crippen MR) is 111 cm³/mol. The minimum atomic E-state index is -3.24. The molecular weight excluding hydrogens is 402 g/mol. The van der Waals surface area contributed by atoms with Crippen LogP contribution in [0.1, 0.15) is 18.9 Å². The number of sulfone groups is 1. The van der Waals surface area contributed by atoms with E-state index in [-0.39, 0.29) is 24.0 Å². The van der Waals surface area contributed by atoms with Crippen LogP contribution < -0.4 is 16.0 Å². The lowest BCUT2D eigenvalue weighted by Crippen LogP contribution is -2.30. The van der Waals surface area contributed by atoms with Crippen LogP contribution >= 0.6 is 11.6 Å². The van der Waals surface area contributed by atoms with E-state index in [1.54, 1.807) is 36.4 Å². The zero-order valence-electron chi connectivity index (χ0n) is 15.4.